The minimum Gasteiger partial charge on any atom is -0.352 e. The first kappa shape index (κ1) is 25.9. The molecule has 0 aliphatic heterocycles. The maximum Gasteiger partial charge on any atom is 0.243 e. The quantitative estimate of drug-likeness (QED) is 0.411. The Morgan fingerprint density at radius 3 is 2.48 bits per heavy atom. The van der Waals surface area contributed by atoms with Gasteiger partial charge in [-0.2, -0.15) is 0 Å². The standard InChI is InChI=1S/C25H29Cl2FN2O2S/c1-2-23(25(32)29-21-5-3-4-6-21)30(14-17-7-11-20(28)12-8-17)24(31)16-33-15-18-9-10-19(26)13-22(18)27/h7-13,21,23H,2-6,14-16H2,1H3,(H,29,32)/t23-/m0/s1. The lowest BCUT2D eigenvalue weighted by molar-refractivity contribution is -0.139. The van der Waals surface area contributed by atoms with E-state index in [1.54, 1.807) is 29.2 Å². The van der Waals surface area contributed by atoms with Gasteiger partial charge in [-0.3, -0.25) is 9.59 Å². The lowest BCUT2D eigenvalue weighted by Crippen LogP contribution is -2.51. The second kappa shape index (κ2) is 12.6. The fraction of sp³-hybridized carbons (Fsp3) is 0.440. The third kappa shape index (κ3) is 7.62. The van der Waals surface area contributed by atoms with Crippen LogP contribution >= 0.6 is 35.0 Å². The van der Waals surface area contributed by atoms with E-state index >= 15 is 0 Å². The number of thioether (sulfide) groups is 1. The van der Waals surface area contributed by atoms with Crippen LogP contribution in [0.5, 0.6) is 0 Å². The van der Waals surface area contributed by atoms with Gasteiger partial charge in [-0.25, -0.2) is 4.39 Å². The molecule has 0 aromatic heterocycles. The van der Waals surface area contributed by atoms with E-state index in [9.17, 15) is 14.0 Å². The molecule has 3 rings (SSSR count). The Bertz CT molecular complexity index is 952. The average molecular weight is 511 g/mol. The third-order valence-electron chi connectivity index (χ3n) is 5.85. The number of nitrogens with zero attached hydrogens (tertiary/aromatic N) is 1. The Kier molecular flexibility index (Phi) is 9.90. The van der Waals surface area contributed by atoms with Crippen molar-refractivity contribution in [1.29, 1.82) is 0 Å². The number of amides is 2. The van der Waals surface area contributed by atoms with Crippen LogP contribution in [0.2, 0.25) is 10.0 Å². The summed E-state index contributed by atoms with van der Waals surface area (Å²) in [5.41, 5.74) is 1.68. The highest BCUT2D eigenvalue weighted by molar-refractivity contribution is 7.99. The molecule has 8 heteroatoms. The smallest absolute Gasteiger partial charge is 0.243 e. The normalized spacial score (nSPS) is 14.8. The van der Waals surface area contributed by atoms with Crippen LogP contribution in [0.15, 0.2) is 42.5 Å². The molecule has 1 saturated carbocycles. The molecular weight excluding hydrogens is 482 g/mol. The van der Waals surface area contributed by atoms with Crippen LogP contribution < -0.4 is 5.32 Å². The maximum atomic E-state index is 13.4. The summed E-state index contributed by atoms with van der Waals surface area (Å²) in [5.74, 6) is 0.163. The second-order valence-corrected chi connectivity index (χ2v) is 10.1. The van der Waals surface area contributed by atoms with Crippen molar-refractivity contribution in [3.05, 3.63) is 69.5 Å². The largest absolute Gasteiger partial charge is 0.352 e. The molecule has 178 valence electrons. The Morgan fingerprint density at radius 1 is 1.15 bits per heavy atom. The zero-order valence-electron chi connectivity index (χ0n) is 18.7. The molecule has 1 atom stereocenters. The number of carbonyl (C=O) groups is 2. The predicted molar refractivity (Wildman–Crippen MR) is 134 cm³/mol. The van der Waals surface area contributed by atoms with Crippen molar-refractivity contribution in [2.75, 3.05) is 5.75 Å². The molecule has 1 fully saturated rings. The number of rotatable bonds is 10. The summed E-state index contributed by atoms with van der Waals surface area (Å²) in [6.07, 6.45) is 4.68. The molecular formula is C25H29Cl2FN2O2S. The highest BCUT2D eigenvalue weighted by atomic mass is 35.5. The van der Waals surface area contributed by atoms with Crippen molar-refractivity contribution in [2.24, 2.45) is 0 Å². The summed E-state index contributed by atoms with van der Waals surface area (Å²) in [5, 5.41) is 4.25. The summed E-state index contributed by atoms with van der Waals surface area (Å²) >= 11 is 13.6. The van der Waals surface area contributed by atoms with Crippen molar-refractivity contribution in [3.8, 4) is 0 Å². The summed E-state index contributed by atoms with van der Waals surface area (Å²) in [7, 11) is 0. The highest BCUT2D eigenvalue weighted by Gasteiger charge is 2.30. The van der Waals surface area contributed by atoms with Crippen LogP contribution in [-0.4, -0.2) is 34.6 Å². The number of benzene rings is 2. The number of halogens is 3. The van der Waals surface area contributed by atoms with Gasteiger partial charge in [0.1, 0.15) is 11.9 Å². The van der Waals surface area contributed by atoms with Crippen LogP contribution in [-0.2, 0) is 21.9 Å². The van der Waals surface area contributed by atoms with Crippen molar-refractivity contribution in [2.45, 2.75) is 63.4 Å². The Morgan fingerprint density at radius 2 is 1.85 bits per heavy atom. The molecule has 0 radical (unpaired) electrons. The van der Waals surface area contributed by atoms with E-state index in [-0.39, 0.29) is 36.0 Å². The van der Waals surface area contributed by atoms with Crippen molar-refractivity contribution in [3.63, 3.8) is 0 Å². The molecule has 2 aromatic carbocycles. The second-order valence-electron chi connectivity index (χ2n) is 8.29. The van der Waals surface area contributed by atoms with Gasteiger partial charge in [0.15, 0.2) is 0 Å². The van der Waals surface area contributed by atoms with Crippen LogP contribution in [0.1, 0.15) is 50.2 Å². The summed E-state index contributed by atoms with van der Waals surface area (Å²) in [6.45, 7) is 2.16. The lowest BCUT2D eigenvalue weighted by Gasteiger charge is -2.31. The van der Waals surface area contributed by atoms with Gasteiger partial charge in [-0.1, -0.05) is 61.2 Å². The molecule has 33 heavy (non-hydrogen) atoms. The molecule has 0 saturated heterocycles. The molecule has 2 aromatic rings. The first-order chi connectivity index (χ1) is 15.9. The number of carbonyl (C=O) groups excluding carboxylic acids is 2. The minimum absolute atomic E-state index is 0.120. The van der Waals surface area contributed by atoms with Crippen LogP contribution in [0, 0.1) is 5.82 Å². The van der Waals surface area contributed by atoms with Gasteiger partial charge >= 0.3 is 0 Å². The molecule has 0 spiro atoms. The van der Waals surface area contributed by atoms with Crippen molar-refractivity contribution < 1.29 is 14.0 Å². The molecule has 1 aliphatic carbocycles. The van der Waals surface area contributed by atoms with Crippen molar-refractivity contribution >= 4 is 46.8 Å². The maximum absolute atomic E-state index is 13.4. The molecule has 0 bridgehead atoms. The first-order valence-corrected chi connectivity index (χ1v) is 13.1. The molecule has 2 amide bonds. The Balaban J connectivity index is 1.70. The Hall–Kier alpha value is -1.76. The van der Waals surface area contributed by atoms with E-state index in [4.69, 9.17) is 23.2 Å². The van der Waals surface area contributed by atoms with Gasteiger partial charge in [0, 0.05) is 28.4 Å². The van der Waals surface area contributed by atoms with E-state index in [0.717, 1.165) is 36.8 Å². The van der Waals surface area contributed by atoms with E-state index in [2.05, 4.69) is 5.32 Å². The minimum atomic E-state index is -0.581. The third-order valence-corrected chi connectivity index (χ3v) is 7.41. The van der Waals surface area contributed by atoms with Crippen LogP contribution in [0.3, 0.4) is 0 Å². The monoisotopic (exact) mass is 510 g/mol. The van der Waals surface area contributed by atoms with E-state index in [0.29, 0.717) is 22.2 Å². The summed E-state index contributed by atoms with van der Waals surface area (Å²) in [4.78, 5) is 28.0. The fourth-order valence-corrected chi connectivity index (χ4v) is 5.51. The zero-order valence-corrected chi connectivity index (χ0v) is 21.0. The first-order valence-electron chi connectivity index (χ1n) is 11.2. The van der Waals surface area contributed by atoms with Gasteiger partial charge < -0.3 is 10.2 Å². The predicted octanol–water partition coefficient (Wildman–Crippen LogP) is 6.23. The van der Waals surface area contributed by atoms with E-state index < -0.39 is 6.04 Å². The van der Waals surface area contributed by atoms with E-state index in [1.807, 2.05) is 13.0 Å². The van der Waals surface area contributed by atoms with Crippen molar-refractivity contribution in [1.82, 2.24) is 10.2 Å². The molecule has 0 unspecified atom stereocenters. The lowest BCUT2D eigenvalue weighted by atomic mass is 10.1. The van der Waals surface area contributed by atoms with Gasteiger partial charge in [0.05, 0.1) is 5.75 Å². The number of hydrogen-bond donors (Lipinski definition) is 1. The average Bonchev–Trinajstić information content (AvgIpc) is 3.29. The molecule has 1 N–H and O–H groups in total. The summed E-state index contributed by atoms with van der Waals surface area (Å²) in [6, 6.07) is 10.9. The molecule has 0 heterocycles. The SMILES string of the molecule is CC[C@@H](C(=O)NC1CCCC1)N(Cc1ccc(F)cc1)C(=O)CSCc1ccc(Cl)cc1Cl. The highest BCUT2D eigenvalue weighted by Crippen LogP contribution is 2.25. The molecule has 1 aliphatic rings. The van der Waals surface area contributed by atoms with Gasteiger partial charge in [0.2, 0.25) is 11.8 Å². The topological polar surface area (TPSA) is 49.4 Å². The molecule has 4 nitrogen and oxygen atoms in total. The van der Waals surface area contributed by atoms with Crippen LogP contribution in [0.25, 0.3) is 0 Å². The number of nitrogens with one attached hydrogen (secondary N) is 1. The van der Waals surface area contributed by atoms with Crippen LogP contribution in [0.4, 0.5) is 4.39 Å². The zero-order chi connectivity index (χ0) is 23.8. The van der Waals surface area contributed by atoms with E-state index in [1.165, 1.54) is 23.9 Å². The Labute approximate surface area is 209 Å². The van der Waals surface area contributed by atoms with Gasteiger partial charge in [-0.15, -0.1) is 11.8 Å². The van der Waals surface area contributed by atoms with Gasteiger partial charge in [-0.05, 0) is 54.7 Å². The fourth-order valence-electron chi connectivity index (χ4n) is 4.04. The number of hydrogen-bond acceptors (Lipinski definition) is 3. The van der Waals surface area contributed by atoms with Gasteiger partial charge in [0.25, 0.3) is 0 Å². The summed E-state index contributed by atoms with van der Waals surface area (Å²) < 4.78 is 13.4.